The van der Waals surface area contributed by atoms with Gasteiger partial charge in [-0.2, -0.15) is 0 Å². The summed E-state index contributed by atoms with van der Waals surface area (Å²) in [5.74, 6) is -1.06. The molecule has 1 aromatic rings. The Balaban J connectivity index is 2.56. The molecule has 110 valence electrons. The molecule has 1 heterocycles. The predicted molar refractivity (Wildman–Crippen MR) is 75.8 cm³/mol. The number of nitrogens with zero attached hydrogens (tertiary/aromatic N) is 1. The smallest absolute Gasteiger partial charge is 0.331 e. The van der Waals surface area contributed by atoms with Crippen LogP contribution < -0.4 is 9.64 Å². The minimum absolute atomic E-state index is 0.123. The van der Waals surface area contributed by atoms with Crippen molar-refractivity contribution in [2.24, 2.45) is 0 Å². The lowest BCUT2D eigenvalue weighted by Gasteiger charge is -2.12. The topological polar surface area (TPSA) is 72.9 Å². The minimum atomic E-state index is -0.625. The van der Waals surface area contributed by atoms with E-state index < -0.39 is 17.8 Å². The van der Waals surface area contributed by atoms with Gasteiger partial charge in [0.25, 0.3) is 5.91 Å². The molecule has 0 bridgehead atoms. The molecule has 0 spiro atoms. The molecule has 1 aliphatic rings. The highest BCUT2D eigenvalue weighted by atomic mass is 16.5. The Labute approximate surface area is 121 Å². The zero-order valence-electron chi connectivity index (χ0n) is 12.0. The third-order valence-corrected chi connectivity index (χ3v) is 3.03. The highest BCUT2D eigenvalue weighted by Crippen LogP contribution is 2.39. The monoisotopic (exact) mass is 289 g/mol. The molecule has 1 aliphatic heterocycles. The normalized spacial score (nSPS) is 15.1. The summed E-state index contributed by atoms with van der Waals surface area (Å²) < 4.78 is 9.93. The quantitative estimate of drug-likeness (QED) is 0.623. The Morgan fingerprint density at radius 1 is 1.33 bits per heavy atom. The molecular formula is C15H15NO5. The Bertz CT molecular complexity index is 647. The first-order valence-corrected chi connectivity index (χ1v) is 6.41. The fourth-order valence-electron chi connectivity index (χ4n) is 2.15. The van der Waals surface area contributed by atoms with Gasteiger partial charge in [0.15, 0.2) is 0 Å². The van der Waals surface area contributed by atoms with E-state index in [1.807, 2.05) is 0 Å². The summed E-state index contributed by atoms with van der Waals surface area (Å²) in [6.07, 6.45) is 1.10. The second-order valence-electron chi connectivity index (χ2n) is 4.35. The van der Waals surface area contributed by atoms with E-state index in [1.165, 1.54) is 14.0 Å². The number of carbonyl (C=O) groups is 3. The number of hydrogen-bond donors (Lipinski definition) is 0. The van der Waals surface area contributed by atoms with Crippen LogP contribution in [-0.4, -0.2) is 31.5 Å². The second-order valence-corrected chi connectivity index (χ2v) is 4.35. The van der Waals surface area contributed by atoms with Gasteiger partial charge in [0, 0.05) is 18.6 Å². The number of rotatable bonds is 3. The molecule has 21 heavy (non-hydrogen) atoms. The van der Waals surface area contributed by atoms with Gasteiger partial charge in [0.2, 0.25) is 5.91 Å². The van der Waals surface area contributed by atoms with Crippen molar-refractivity contribution in [1.82, 2.24) is 0 Å². The molecule has 1 aromatic carbocycles. The van der Waals surface area contributed by atoms with E-state index in [0.717, 1.165) is 11.0 Å². The minimum Gasteiger partial charge on any atom is -0.497 e. The highest BCUT2D eigenvalue weighted by Gasteiger charge is 2.35. The van der Waals surface area contributed by atoms with E-state index in [2.05, 4.69) is 0 Å². The molecule has 0 unspecified atom stereocenters. The van der Waals surface area contributed by atoms with E-state index in [9.17, 15) is 14.4 Å². The van der Waals surface area contributed by atoms with E-state index >= 15 is 0 Å². The van der Waals surface area contributed by atoms with Crippen LogP contribution in [-0.2, 0) is 19.1 Å². The summed E-state index contributed by atoms with van der Waals surface area (Å²) in [4.78, 5) is 36.6. The lowest BCUT2D eigenvalue weighted by atomic mass is 10.1. The van der Waals surface area contributed by atoms with Gasteiger partial charge in [-0.15, -0.1) is 0 Å². The summed E-state index contributed by atoms with van der Waals surface area (Å²) in [6.45, 7) is 3.17. The van der Waals surface area contributed by atoms with Crippen LogP contribution in [0.15, 0.2) is 24.3 Å². The number of methoxy groups -OCH3 is 1. The third-order valence-electron chi connectivity index (χ3n) is 3.03. The number of benzene rings is 1. The van der Waals surface area contributed by atoms with E-state index in [0.29, 0.717) is 17.0 Å². The van der Waals surface area contributed by atoms with Gasteiger partial charge < -0.3 is 9.47 Å². The number of fused-ring (bicyclic) bond motifs is 1. The molecule has 0 N–H and O–H groups in total. The second kappa shape index (κ2) is 5.78. The van der Waals surface area contributed by atoms with Gasteiger partial charge in [-0.25, -0.2) is 9.69 Å². The van der Waals surface area contributed by atoms with Crippen molar-refractivity contribution in [1.29, 1.82) is 0 Å². The molecule has 0 radical (unpaired) electrons. The molecule has 0 fully saturated rings. The van der Waals surface area contributed by atoms with Crippen LogP contribution in [0.2, 0.25) is 0 Å². The maximum absolute atomic E-state index is 12.3. The lowest BCUT2D eigenvalue weighted by molar-refractivity contribution is -0.137. The van der Waals surface area contributed by atoms with Gasteiger partial charge in [-0.05, 0) is 25.1 Å². The largest absolute Gasteiger partial charge is 0.497 e. The van der Waals surface area contributed by atoms with Crippen molar-refractivity contribution >= 4 is 29.0 Å². The van der Waals surface area contributed by atoms with Crippen LogP contribution in [0, 0.1) is 0 Å². The number of amides is 2. The Hall–Kier alpha value is -2.63. The Kier molecular flexibility index (Phi) is 4.07. The predicted octanol–water partition coefficient (Wildman–Crippen LogP) is 1.53. The van der Waals surface area contributed by atoms with Crippen LogP contribution in [0.1, 0.15) is 19.4 Å². The average Bonchev–Trinajstić information content (AvgIpc) is 2.71. The van der Waals surface area contributed by atoms with Crippen molar-refractivity contribution in [2.45, 2.75) is 13.8 Å². The highest BCUT2D eigenvalue weighted by molar-refractivity contribution is 6.41. The zero-order chi connectivity index (χ0) is 15.6. The molecule has 0 aliphatic carbocycles. The van der Waals surface area contributed by atoms with Crippen LogP contribution >= 0.6 is 0 Å². The summed E-state index contributed by atoms with van der Waals surface area (Å²) in [7, 11) is 1.50. The van der Waals surface area contributed by atoms with Crippen molar-refractivity contribution in [3.8, 4) is 5.75 Å². The van der Waals surface area contributed by atoms with Gasteiger partial charge in [0.1, 0.15) is 5.75 Å². The van der Waals surface area contributed by atoms with Gasteiger partial charge in [-0.1, -0.05) is 0 Å². The van der Waals surface area contributed by atoms with Gasteiger partial charge in [0.05, 0.1) is 25.0 Å². The fraction of sp³-hybridized carbons (Fsp3) is 0.267. The maximum atomic E-state index is 12.3. The molecule has 0 aromatic heterocycles. The Morgan fingerprint density at radius 3 is 2.62 bits per heavy atom. The zero-order valence-corrected chi connectivity index (χ0v) is 12.0. The van der Waals surface area contributed by atoms with Crippen molar-refractivity contribution < 1.29 is 23.9 Å². The first-order valence-electron chi connectivity index (χ1n) is 6.41. The fourth-order valence-corrected chi connectivity index (χ4v) is 2.15. The lowest BCUT2D eigenvalue weighted by Crippen LogP contribution is -2.31. The van der Waals surface area contributed by atoms with Crippen molar-refractivity contribution in [3.63, 3.8) is 0 Å². The first kappa shape index (κ1) is 14.8. The molecule has 2 rings (SSSR count). The number of anilines is 1. The van der Waals surface area contributed by atoms with Crippen molar-refractivity contribution in [3.05, 3.63) is 29.8 Å². The molecular weight excluding hydrogens is 274 g/mol. The van der Waals surface area contributed by atoms with Crippen LogP contribution in [0.4, 0.5) is 5.69 Å². The molecule has 0 saturated carbocycles. The number of esters is 1. The standard InChI is InChI=1S/C15H15NO5/c1-4-21-14(18)8-12-11-7-10(20-3)5-6-13(11)16(9(2)17)15(12)19/h5-8H,4H2,1-3H3/b12-8+. The number of hydrogen-bond acceptors (Lipinski definition) is 5. The molecule has 6 nitrogen and oxygen atoms in total. The van der Waals surface area contributed by atoms with Gasteiger partial charge >= 0.3 is 5.97 Å². The first-order chi connectivity index (χ1) is 9.99. The number of ether oxygens (including phenoxy) is 2. The molecule has 0 atom stereocenters. The van der Waals surface area contributed by atoms with E-state index in [4.69, 9.17) is 9.47 Å². The number of carbonyl (C=O) groups excluding carboxylic acids is 3. The summed E-state index contributed by atoms with van der Waals surface area (Å²) >= 11 is 0. The molecule has 2 amide bonds. The van der Waals surface area contributed by atoms with E-state index in [-0.39, 0.29) is 12.2 Å². The Morgan fingerprint density at radius 2 is 2.05 bits per heavy atom. The molecule has 6 heteroatoms. The summed E-state index contributed by atoms with van der Waals surface area (Å²) in [5, 5.41) is 0. The average molecular weight is 289 g/mol. The SMILES string of the molecule is CCOC(=O)/C=C1/C(=O)N(C(C)=O)c2ccc(OC)cc21. The van der Waals surface area contributed by atoms with Crippen LogP contribution in [0.25, 0.3) is 5.57 Å². The summed E-state index contributed by atoms with van der Waals surface area (Å²) in [6, 6.07) is 4.87. The van der Waals surface area contributed by atoms with E-state index in [1.54, 1.807) is 25.1 Å². The third kappa shape index (κ3) is 2.65. The number of imide groups is 1. The maximum Gasteiger partial charge on any atom is 0.331 e. The van der Waals surface area contributed by atoms with Gasteiger partial charge in [-0.3, -0.25) is 9.59 Å². The van der Waals surface area contributed by atoms with Crippen LogP contribution in [0.3, 0.4) is 0 Å². The van der Waals surface area contributed by atoms with Crippen molar-refractivity contribution in [2.75, 3.05) is 18.6 Å². The molecule has 0 saturated heterocycles. The summed E-state index contributed by atoms with van der Waals surface area (Å²) in [5.41, 5.74) is 1.03. The van der Waals surface area contributed by atoms with Crippen LogP contribution in [0.5, 0.6) is 5.75 Å².